The van der Waals surface area contributed by atoms with Crippen LogP contribution in [0, 0.1) is 0 Å². The summed E-state index contributed by atoms with van der Waals surface area (Å²) in [6, 6.07) is 21.1. The van der Waals surface area contributed by atoms with Crippen molar-refractivity contribution in [1.82, 2.24) is 15.2 Å². The van der Waals surface area contributed by atoms with E-state index in [0.29, 0.717) is 0 Å². The Labute approximate surface area is 141 Å². The molecule has 0 radical (unpaired) electrons. The zero-order chi connectivity index (χ0) is 16.2. The van der Waals surface area contributed by atoms with Crippen molar-refractivity contribution in [2.75, 3.05) is 13.1 Å². The Morgan fingerprint density at radius 1 is 0.958 bits per heavy atom. The van der Waals surface area contributed by atoms with Gasteiger partial charge in [0.15, 0.2) is 5.96 Å². The molecule has 24 heavy (non-hydrogen) atoms. The van der Waals surface area contributed by atoms with Crippen LogP contribution in [-0.2, 0) is 13.1 Å². The third-order valence-electron chi connectivity index (χ3n) is 4.27. The maximum absolute atomic E-state index is 4.59. The number of guanidine groups is 1. The van der Waals surface area contributed by atoms with Crippen LogP contribution in [0.4, 0.5) is 0 Å². The molecule has 0 aliphatic carbocycles. The molecule has 120 valence electrons. The van der Waals surface area contributed by atoms with Gasteiger partial charge in [0.05, 0.1) is 18.8 Å². The molecular weight excluding hydrogens is 296 g/mol. The molecule has 0 amide bonds. The number of hydrogen-bond donors (Lipinski definition) is 1. The molecule has 1 aromatic heterocycles. The van der Waals surface area contributed by atoms with Gasteiger partial charge in [-0.2, -0.15) is 0 Å². The Morgan fingerprint density at radius 2 is 1.83 bits per heavy atom. The van der Waals surface area contributed by atoms with E-state index in [1.807, 2.05) is 18.3 Å². The molecule has 0 unspecified atom stereocenters. The van der Waals surface area contributed by atoms with Crippen LogP contribution >= 0.6 is 0 Å². The maximum atomic E-state index is 4.59. The summed E-state index contributed by atoms with van der Waals surface area (Å²) >= 11 is 0. The molecule has 0 saturated heterocycles. The minimum Gasteiger partial charge on any atom is -0.352 e. The van der Waals surface area contributed by atoms with Gasteiger partial charge in [-0.05, 0) is 34.5 Å². The summed E-state index contributed by atoms with van der Waals surface area (Å²) in [7, 11) is 0. The molecule has 3 aromatic rings. The first kappa shape index (κ1) is 14.7. The normalized spacial score (nSPS) is 14.0. The first-order valence-corrected chi connectivity index (χ1v) is 8.29. The monoisotopic (exact) mass is 316 g/mol. The van der Waals surface area contributed by atoms with E-state index in [-0.39, 0.29) is 0 Å². The SMILES string of the molecule is c1ccc(CN2CCN=C2NCc2ccc3ccccc3c2)nc1. The molecule has 0 spiro atoms. The lowest BCUT2D eigenvalue weighted by atomic mass is 10.1. The van der Waals surface area contributed by atoms with Gasteiger partial charge in [-0.3, -0.25) is 9.98 Å². The van der Waals surface area contributed by atoms with Crippen molar-refractivity contribution in [2.24, 2.45) is 4.99 Å². The molecule has 2 heterocycles. The second-order valence-corrected chi connectivity index (χ2v) is 5.98. The van der Waals surface area contributed by atoms with Crippen LogP contribution < -0.4 is 5.32 Å². The predicted octanol–water partition coefficient (Wildman–Crippen LogP) is 3.20. The van der Waals surface area contributed by atoms with E-state index in [1.165, 1.54) is 16.3 Å². The lowest BCUT2D eigenvalue weighted by Gasteiger charge is -2.20. The molecule has 0 saturated carbocycles. The van der Waals surface area contributed by atoms with Gasteiger partial charge in [-0.15, -0.1) is 0 Å². The Hall–Kier alpha value is -2.88. The van der Waals surface area contributed by atoms with Gasteiger partial charge in [0.2, 0.25) is 0 Å². The second-order valence-electron chi connectivity index (χ2n) is 5.98. The predicted molar refractivity (Wildman–Crippen MR) is 97.7 cm³/mol. The minimum absolute atomic E-state index is 0.780. The van der Waals surface area contributed by atoms with E-state index < -0.39 is 0 Å². The molecule has 1 aliphatic heterocycles. The molecule has 4 heteroatoms. The summed E-state index contributed by atoms with van der Waals surface area (Å²) in [6.07, 6.45) is 1.84. The Kier molecular flexibility index (Phi) is 4.11. The molecular formula is C20H20N4. The smallest absolute Gasteiger partial charge is 0.194 e. The average Bonchev–Trinajstić information content (AvgIpc) is 3.08. The lowest BCUT2D eigenvalue weighted by Crippen LogP contribution is -2.37. The van der Waals surface area contributed by atoms with Crippen LogP contribution in [0.25, 0.3) is 10.8 Å². The fraction of sp³-hybridized carbons (Fsp3) is 0.200. The molecule has 1 N–H and O–H groups in total. The number of benzene rings is 2. The Bertz CT molecular complexity index is 858. The van der Waals surface area contributed by atoms with Crippen molar-refractivity contribution in [3.05, 3.63) is 78.1 Å². The van der Waals surface area contributed by atoms with Crippen molar-refractivity contribution >= 4 is 16.7 Å². The third kappa shape index (κ3) is 3.23. The summed E-state index contributed by atoms with van der Waals surface area (Å²) < 4.78 is 0. The molecule has 4 nitrogen and oxygen atoms in total. The summed E-state index contributed by atoms with van der Waals surface area (Å²) in [4.78, 5) is 11.3. The molecule has 2 aromatic carbocycles. The van der Waals surface area contributed by atoms with Crippen LogP contribution in [0.2, 0.25) is 0 Å². The van der Waals surface area contributed by atoms with Crippen molar-refractivity contribution in [3.8, 4) is 0 Å². The highest BCUT2D eigenvalue weighted by Gasteiger charge is 2.17. The van der Waals surface area contributed by atoms with E-state index in [2.05, 4.69) is 68.7 Å². The standard InChI is InChI=1S/C20H20N4/c1-2-6-18-13-16(8-9-17(18)5-1)14-23-20-22-11-12-24(20)15-19-7-3-4-10-21-19/h1-10,13H,11-12,14-15H2,(H,22,23). The van der Waals surface area contributed by atoms with Crippen molar-refractivity contribution in [3.63, 3.8) is 0 Å². The number of nitrogens with zero attached hydrogens (tertiary/aromatic N) is 3. The van der Waals surface area contributed by atoms with Crippen molar-refractivity contribution in [2.45, 2.75) is 13.1 Å². The van der Waals surface area contributed by atoms with E-state index in [1.54, 1.807) is 0 Å². The zero-order valence-electron chi connectivity index (χ0n) is 13.5. The Morgan fingerprint density at radius 3 is 2.71 bits per heavy atom. The number of fused-ring (bicyclic) bond motifs is 1. The third-order valence-corrected chi connectivity index (χ3v) is 4.27. The van der Waals surface area contributed by atoms with Gasteiger partial charge in [0, 0.05) is 19.3 Å². The Balaban J connectivity index is 1.42. The van der Waals surface area contributed by atoms with Gasteiger partial charge in [-0.25, -0.2) is 0 Å². The maximum Gasteiger partial charge on any atom is 0.194 e. The highest BCUT2D eigenvalue weighted by Crippen LogP contribution is 2.16. The molecule has 1 aliphatic rings. The summed E-state index contributed by atoms with van der Waals surface area (Å²) in [5.74, 6) is 0.966. The highest BCUT2D eigenvalue weighted by molar-refractivity contribution is 5.84. The summed E-state index contributed by atoms with van der Waals surface area (Å²) in [5, 5.41) is 6.03. The van der Waals surface area contributed by atoms with Gasteiger partial charge in [-0.1, -0.05) is 42.5 Å². The van der Waals surface area contributed by atoms with Crippen LogP contribution in [-0.4, -0.2) is 28.9 Å². The number of rotatable bonds is 4. The van der Waals surface area contributed by atoms with Gasteiger partial charge < -0.3 is 10.2 Å². The van der Waals surface area contributed by atoms with Crippen LogP contribution in [0.15, 0.2) is 71.9 Å². The van der Waals surface area contributed by atoms with E-state index >= 15 is 0 Å². The number of nitrogens with one attached hydrogen (secondary N) is 1. The summed E-state index contributed by atoms with van der Waals surface area (Å²) in [5.41, 5.74) is 2.33. The van der Waals surface area contributed by atoms with Gasteiger partial charge >= 0.3 is 0 Å². The summed E-state index contributed by atoms with van der Waals surface area (Å²) in [6.45, 7) is 3.36. The van der Waals surface area contributed by atoms with Crippen molar-refractivity contribution in [1.29, 1.82) is 0 Å². The van der Waals surface area contributed by atoms with E-state index in [0.717, 1.165) is 37.8 Å². The zero-order valence-corrected chi connectivity index (χ0v) is 13.5. The number of aliphatic imine (C=N–C) groups is 1. The van der Waals surface area contributed by atoms with Crippen LogP contribution in [0.5, 0.6) is 0 Å². The largest absolute Gasteiger partial charge is 0.352 e. The fourth-order valence-electron chi connectivity index (χ4n) is 3.02. The quantitative estimate of drug-likeness (QED) is 0.803. The fourth-order valence-corrected chi connectivity index (χ4v) is 3.02. The average molecular weight is 316 g/mol. The second kappa shape index (κ2) is 6.71. The van der Waals surface area contributed by atoms with Gasteiger partial charge in [0.1, 0.15) is 0 Å². The van der Waals surface area contributed by atoms with Crippen molar-refractivity contribution < 1.29 is 0 Å². The van der Waals surface area contributed by atoms with Gasteiger partial charge in [0.25, 0.3) is 0 Å². The molecule has 0 bridgehead atoms. The highest BCUT2D eigenvalue weighted by atomic mass is 15.3. The minimum atomic E-state index is 0.780. The number of hydrogen-bond acceptors (Lipinski definition) is 4. The topological polar surface area (TPSA) is 40.5 Å². The van der Waals surface area contributed by atoms with E-state index in [9.17, 15) is 0 Å². The number of pyridine rings is 1. The lowest BCUT2D eigenvalue weighted by molar-refractivity contribution is 0.431. The molecule has 0 atom stereocenters. The van der Waals surface area contributed by atoms with E-state index in [4.69, 9.17) is 0 Å². The molecule has 4 rings (SSSR count). The number of aromatic nitrogens is 1. The molecule has 0 fully saturated rings. The first-order valence-electron chi connectivity index (χ1n) is 8.29. The van der Waals surface area contributed by atoms with Crippen LogP contribution in [0.3, 0.4) is 0 Å². The van der Waals surface area contributed by atoms with Crippen LogP contribution in [0.1, 0.15) is 11.3 Å². The first-order chi connectivity index (χ1) is 11.9.